The predicted molar refractivity (Wildman–Crippen MR) is 128 cm³/mol. The van der Waals surface area contributed by atoms with Crippen LogP contribution < -0.4 is 5.32 Å². The highest BCUT2D eigenvalue weighted by Gasteiger charge is 2.59. The number of fused-ring (bicyclic) bond motifs is 1. The fourth-order valence-electron chi connectivity index (χ4n) is 7.01. The van der Waals surface area contributed by atoms with Crippen LogP contribution >= 0.6 is 0 Å². The van der Waals surface area contributed by atoms with Crippen molar-refractivity contribution in [1.82, 2.24) is 10.2 Å². The van der Waals surface area contributed by atoms with Gasteiger partial charge in [-0.15, -0.1) is 0 Å². The molecule has 2 heterocycles. The van der Waals surface area contributed by atoms with Crippen molar-refractivity contribution in [2.24, 2.45) is 5.92 Å². The third-order valence-electron chi connectivity index (χ3n) is 8.80. The first-order valence-electron chi connectivity index (χ1n) is 12.5. The van der Waals surface area contributed by atoms with Gasteiger partial charge >= 0.3 is 0 Å². The number of phenolic OH excluding ortho intramolecular Hbond substituents is 1. The van der Waals surface area contributed by atoms with Crippen molar-refractivity contribution in [3.05, 3.63) is 41.5 Å². The third kappa shape index (κ3) is 3.96. The van der Waals surface area contributed by atoms with Crippen molar-refractivity contribution >= 4 is 5.91 Å². The van der Waals surface area contributed by atoms with Gasteiger partial charge in [0.1, 0.15) is 30.2 Å². The number of aliphatic hydroxyl groups is 4. The van der Waals surface area contributed by atoms with Crippen LogP contribution in [0.4, 0.5) is 0 Å². The Kier molecular flexibility index (Phi) is 6.88. The molecule has 10 heteroatoms. The molecule has 2 fully saturated rings. The van der Waals surface area contributed by atoms with Crippen LogP contribution in [0.15, 0.2) is 30.4 Å². The smallest absolute Gasteiger partial charge is 0.223 e. The SMILES string of the molecule is COC1C(NC(=O)CC2OC(CO)C(O)C(O)C2O)C=CC2C3Cc4ccc(O)cc4C21CCN3C. The maximum absolute atomic E-state index is 13.1. The number of benzene rings is 1. The van der Waals surface area contributed by atoms with Gasteiger partial charge in [-0.2, -0.15) is 0 Å². The molecule has 0 spiro atoms. The lowest BCUT2D eigenvalue weighted by atomic mass is 9.52. The second-order valence-corrected chi connectivity index (χ2v) is 10.6. The van der Waals surface area contributed by atoms with Gasteiger partial charge in [-0.25, -0.2) is 0 Å². The van der Waals surface area contributed by atoms with Gasteiger partial charge in [0.25, 0.3) is 0 Å². The summed E-state index contributed by atoms with van der Waals surface area (Å²) in [5, 5.41) is 53.2. The molecule has 6 N–H and O–H groups in total. The highest BCUT2D eigenvalue weighted by atomic mass is 16.5. The molecule has 2 aliphatic heterocycles. The lowest BCUT2D eigenvalue weighted by Gasteiger charge is -2.60. The van der Waals surface area contributed by atoms with E-state index in [0.717, 1.165) is 24.9 Å². The summed E-state index contributed by atoms with van der Waals surface area (Å²) in [6, 6.07) is 5.33. The molecule has 1 aromatic rings. The molecular formula is C26H36N2O8. The van der Waals surface area contributed by atoms with E-state index in [9.17, 15) is 30.3 Å². The van der Waals surface area contributed by atoms with E-state index in [1.807, 2.05) is 18.2 Å². The van der Waals surface area contributed by atoms with Gasteiger partial charge in [0.2, 0.25) is 5.91 Å². The van der Waals surface area contributed by atoms with Gasteiger partial charge in [-0.1, -0.05) is 18.2 Å². The Morgan fingerprint density at radius 3 is 2.67 bits per heavy atom. The molecule has 4 aliphatic rings. The fraction of sp³-hybridized carbons (Fsp3) is 0.654. The number of carbonyl (C=O) groups is 1. The molecule has 10 atom stereocenters. The molecule has 0 radical (unpaired) electrons. The Hall–Kier alpha value is -2.05. The number of aliphatic hydroxyl groups excluding tert-OH is 4. The van der Waals surface area contributed by atoms with Gasteiger partial charge < -0.3 is 45.2 Å². The number of aromatic hydroxyl groups is 1. The number of nitrogens with zero attached hydrogens (tertiary/aromatic N) is 1. The molecule has 10 unspecified atom stereocenters. The Morgan fingerprint density at radius 2 is 1.94 bits per heavy atom. The number of hydrogen-bond acceptors (Lipinski definition) is 9. The summed E-state index contributed by atoms with van der Waals surface area (Å²) in [4.78, 5) is 15.5. The Bertz CT molecular complexity index is 1020. The van der Waals surface area contributed by atoms with Gasteiger partial charge in [-0.05, 0) is 49.7 Å². The molecule has 2 bridgehead atoms. The largest absolute Gasteiger partial charge is 0.508 e. The quantitative estimate of drug-likeness (QED) is 0.272. The first-order valence-corrected chi connectivity index (χ1v) is 12.5. The molecule has 36 heavy (non-hydrogen) atoms. The van der Waals surface area contributed by atoms with E-state index in [-0.39, 0.29) is 24.1 Å². The molecule has 1 amide bonds. The van der Waals surface area contributed by atoms with Gasteiger partial charge in [0.05, 0.1) is 31.3 Å². The number of likely N-dealkylation sites (N-methyl/N-ethyl adjacent to an activating group) is 1. The lowest BCUT2D eigenvalue weighted by molar-refractivity contribution is -0.229. The zero-order chi connectivity index (χ0) is 25.8. The van der Waals surface area contributed by atoms with Crippen LogP contribution in [-0.4, -0.2) is 112 Å². The number of likely N-dealkylation sites (tertiary alicyclic amines) is 1. The van der Waals surface area contributed by atoms with E-state index in [2.05, 4.69) is 23.3 Å². The van der Waals surface area contributed by atoms with Crippen molar-refractivity contribution in [2.75, 3.05) is 27.3 Å². The zero-order valence-electron chi connectivity index (χ0n) is 20.5. The average molecular weight is 505 g/mol. The predicted octanol–water partition coefficient (Wildman–Crippen LogP) is -1.19. The molecule has 10 nitrogen and oxygen atoms in total. The van der Waals surface area contributed by atoms with Crippen LogP contribution in [0.5, 0.6) is 5.75 Å². The van der Waals surface area contributed by atoms with Gasteiger partial charge in [0.15, 0.2) is 0 Å². The van der Waals surface area contributed by atoms with Crippen molar-refractivity contribution in [2.45, 2.75) is 73.4 Å². The number of ether oxygens (including phenoxy) is 2. The average Bonchev–Trinajstić information content (AvgIpc) is 2.86. The molecular weight excluding hydrogens is 468 g/mol. The first kappa shape index (κ1) is 25.6. The number of rotatable bonds is 5. The summed E-state index contributed by atoms with van der Waals surface area (Å²) in [5.41, 5.74) is 1.79. The van der Waals surface area contributed by atoms with Gasteiger partial charge in [-0.3, -0.25) is 4.79 Å². The number of nitrogens with one attached hydrogen (secondary N) is 1. The van der Waals surface area contributed by atoms with Crippen LogP contribution in [0.1, 0.15) is 24.0 Å². The van der Waals surface area contributed by atoms with Crippen molar-refractivity contribution in [1.29, 1.82) is 0 Å². The number of carbonyl (C=O) groups excluding carboxylic acids is 1. The van der Waals surface area contributed by atoms with Crippen LogP contribution in [0.2, 0.25) is 0 Å². The van der Waals surface area contributed by atoms with E-state index in [4.69, 9.17) is 9.47 Å². The van der Waals surface area contributed by atoms with Crippen LogP contribution in [-0.2, 0) is 26.1 Å². The second-order valence-electron chi connectivity index (χ2n) is 10.6. The Balaban J connectivity index is 1.41. The van der Waals surface area contributed by atoms with E-state index in [1.165, 1.54) is 5.56 Å². The minimum atomic E-state index is -1.53. The van der Waals surface area contributed by atoms with E-state index >= 15 is 0 Å². The summed E-state index contributed by atoms with van der Waals surface area (Å²) in [7, 11) is 3.76. The molecule has 0 aromatic heterocycles. The van der Waals surface area contributed by atoms with E-state index in [0.29, 0.717) is 0 Å². The number of piperidine rings is 1. The fourth-order valence-corrected chi connectivity index (χ4v) is 7.01. The zero-order valence-corrected chi connectivity index (χ0v) is 20.5. The lowest BCUT2D eigenvalue weighted by Crippen LogP contribution is -2.68. The summed E-state index contributed by atoms with van der Waals surface area (Å²) < 4.78 is 11.6. The van der Waals surface area contributed by atoms with Crippen molar-refractivity contribution < 1.29 is 39.8 Å². The molecule has 2 saturated heterocycles. The molecule has 2 aliphatic carbocycles. The van der Waals surface area contributed by atoms with Gasteiger partial charge in [0, 0.05) is 24.5 Å². The van der Waals surface area contributed by atoms with Crippen molar-refractivity contribution in [3.63, 3.8) is 0 Å². The summed E-state index contributed by atoms with van der Waals surface area (Å²) in [6.45, 7) is 0.307. The molecule has 1 aromatic carbocycles. The van der Waals surface area contributed by atoms with E-state index in [1.54, 1.807) is 13.2 Å². The molecule has 5 rings (SSSR count). The highest BCUT2D eigenvalue weighted by Crippen LogP contribution is 2.55. The first-order chi connectivity index (χ1) is 17.2. The molecule has 0 saturated carbocycles. The highest BCUT2D eigenvalue weighted by molar-refractivity contribution is 5.77. The second kappa shape index (κ2) is 9.68. The third-order valence-corrected chi connectivity index (χ3v) is 8.80. The topological polar surface area (TPSA) is 152 Å². The normalized spacial score (nSPS) is 41.9. The number of methoxy groups -OCH3 is 1. The Labute approximate surface area is 210 Å². The minimum Gasteiger partial charge on any atom is -0.508 e. The van der Waals surface area contributed by atoms with Crippen LogP contribution in [0, 0.1) is 5.92 Å². The monoisotopic (exact) mass is 504 g/mol. The summed E-state index contributed by atoms with van der Waals surface area (Å²) in [6.07, 6.45) is -1.51. The number of phenols is 1. The van der Waals surface area contributed by atoms with Crippen LogP contribution in [0.3, 0.4) is 0 Å². The van der Waals surface area contributed by atoms with E-state index < -0.39 is 60.6 Å². The summed E-state index contributed by atoms with van der Waals surface area (Å²) in [5.74, 6) is -0.0664. The standard InChI is InChI=1S/C26H36N2O8/c1-28-8-7-26-15(18(28)9-13-3-4-14(30)10-16(13)26)5-6-17(25(26)35-2)27-21(31)11-19-22(32)24(34)23(33)20(12-29)36-19/h3-6,10,15,17-20,22-25,29-30,32-34H,7-9,11-12H2,1-2H3,(H,27,31). The maximum atomic E-state index is 13.1. The number of hydrogen-bond donors (Lipinski definition) is 6. The Morgan fingerprint density at radius 1 is 1.19 bits per heavy atom. The molecule has 198 valence electrons. The minimum absolute atomic E-state index is 0.147. The van der Waals surface area contributed by atoms with Crippen molar-refractivity contribution in [3.8, 4) is 5.75 Å². The maximum Gasteiger partial charge on any atom is 0.223 e. The summed E-state index contributed by atoms with van der Waals surface area (Å²) >= 11 is 0. The number of amides is 1. The van der Waals surface area contributed by atoms with Crippen LogP contribution in [0.25, 0.3) is 0 Å².